The van der Waals surface area contributed by atoms with Gasteiger partial charge in [0.05, 0.1) is 0 Å². The predicted octanol–water partition coefficient (Wildman–Crippen LogP) is 2.61. The Kier molecular flexibility index (Phi) is 2.59. The molecule has 17 heavy (non-hydrogen) atoms. The summed E-state index contributed by atoms with van der Waals surface area (Å²) in [5, 5.41) is 5.10. The number of aromatic nitrogens is 3. The van der Waals surface area contributed by atoms with Crippen molar-refractivity contribution >= 4 is 23.0 Å². The van der Waals surface area contributed by atoms with Crippen LogP contribution in [0.3, 0.4) is 0 Å². The van der Waals surface area contributed by atoms with Crippen molar-refractivity contribution in [3.8, 4) is 0 Å². The number of carbonyl (C=O) groups is 1. The number of carbonyl (C=O) groups excluding carboxylic acids is 1. The molecule has 0 N–H and O–H groups in total. The van der Waals surface area contributed by atoms with E-state index in [1.807, 2.05) is 6.20 Å². The first kappa shape index (κ1) is 10.7. The van der Waals surface area contributed by atoms with Crippen LogP contribution in [-0.2, 0) is 4.79 Å². The molecule has 4 nitrogen and oxygen atoms in total. The second-order valence-corrected chi connectivity index (χ2v) is 4.87. The second-order valence-electron chi connectivity index (χ2n) is 4.43. The van der Waals surface area contributed by atoms with Gasteiger partial charge in [-0.1, -0.05) is 11.6 Å². The summed E-state index contributed by atoms with van der Waals surface area (Å²) < 4.78 is 1.73. The molecule has 0 unspecified atom stereocenters. The molecule has 0 saturated heterocycles. The van der Waals surface area contributed by atoms with Crippen molar-refractivity contribution in [2.45, 2.75) is 31.6 Å². The Balaban J connectivity index is 1.92. The van der Waals surface area contributed by atoms with Crippen LogP contribution in [0.15, 0.2) is 18.3 Å². The molecule has 1 fully saturated rings. The van der Waals surface area contributed by atoms with Gasteiger partial charge in [0.2, 0.25) is 0 Å². The molecule has 0 amide bonds. The van der Waals surface area contributed by atoms with E-state index in [0.29, 0.717) is 29.6 Å². The molecule has 0 spiro atoms. The molecule has 2 aromatic rings. The molecule has 5 heteroatoms. The van der Waals surface area contributed by atoms with Gasteiger partial charge in [0.15, 0.2) is 11.5 Å². The van der Waals surface area contributed by atoms with Gasteiger partial charge in [0.25, 0.3) is 0 Å². The standard InChI is InChI=1S/C12H12ClN3O/c13-9-5-6-16-11(7-9)14-12(15-16)8-1-3-10(17)4-2-8/h5-8H,1-4H2. The van der Waals surface area contributed by atoms with E-state index in [2.05, 4.69) is 10.1 Å². The Labute approximate surface area is 104 Å². The number of ketones is 1. The highest BCUT2D eigenvalue weighted by molar-refractivity contribution is 6.30. The molecule has 3 rings (SSSR count). The molecule has 0 radical (unpaired) electrons. The van der Waals surface area contributed by atoms with Crippen LogP contribution in [0.4, 0.5) is 0 Å². The van der Waals surface area contributed by atoms with Gasteiger partial charge >= 0.3 is 0 Å². The fourth-order valence-corrected chi connectivity index (χ4v) is 2.40. The largest absolute Gasteiger partial charge is 0.300 e. The average molecular weight is 250 g/mol. The Hall–Kier alpha value is -1.42. The molecule has 1 aliphatic carbocycles. The van der Waals surface area contributed by atoms with Crippen molar-refractivity contribution in [1.29, 1.82) is 0 Å². The third kappa shape index (κ3) is 2.05. The number of hydrogen-bond donors (Lipinski definition) is 0. The molecule has 1 saturated carbocycles. The fourth-order valence-electron chi connectivity index (χ4n) is 2.24. The Morgan fingerprint density at radius 3 is 2.88 bits per heavy atom. The maximum absolute atomic E-state index is 11.2. The van der Waals surface area contributed by atoms with Gasteiger partial charge in [-0.25, -0.2) is 9.50 Å². The number of fused-ring (bicyclic) bond motifs is 1. The summed E-state index contributed by atoms with van der Waals surface area (Å²) in [6.07, 6.45) is 4.84. The van der Waals surface area contributed by atoms with Gasteiger partial charge in [0, 0.05) is 36.0 Å². The quantitative estimate of drug-likeness (QED) is 0.781. The fraction of sp³-hybridized carbons (Fsp3) is 0.417. The molecule has 2 aromatic heterocycles. The third-order valence-corrected chi connectivity index (χ3v) is 3.46. The average Bonchev–Trinajstić information content (AvgIpc) is 2.72. The van der Waals surface area contributed by atoms with Crippen LogP contribution in [0.1, 0.15) is 37.4 Å². The van der Waals surface area contributed by atoms with E-state index >= 15 is 0 Å². The number of hydrogen-bond acceptors (Lipinski definition) is 3. The molecule has 0 aliphatic heterocycles. The van der Waals surface area contributed by atoms with Crippen molar-refractivity contribution in [3.63, 3.8) is 0 Å². The Morgan fingerprint density at radius 2 is 2.12 bits per heavy atom. The number of Topliss-reactive ketones (excluding diaryl/α,β-unsaturated/α-hetero) is 1. The molecule has 0 aromatic carbocycles. The first-order chi connectivity index (χ1) is 8.22. The van der Waals surface area contributed by atoms with E-state index in [1.54, 1.807) is 16.6 Å². The Morgan fingerprint density at radius 1 is 1.35 bits per heavy atom. The number of pyridine rings is 1. The minimum atomic E-state index is 0.311. The number of halogens is 1. The molecular weight excluding hydrogens is 238 g/mol. The van der Waals surface area contributed by atoms with Gasteiger partial charge < -0.3 is 0 Å². The summed E-state index contributed by atoms with van der Waals surface area (Å²) in [4.78, 5) is 15.7. The summed E-state index contributed by atoms with van der Waals surface area (Å²) in [7, 11) is 0. The molecular formula is C12H12ClN3O. The van der Waals surface area contributed by atoms with E-state index in [-0.39, 0.29) is 0 Å². The summed E-state index contributed by atoms with van der Waals surface area (Å²) >= 11 is 5.91. The first-order valence-electron chi connectivity index (χ1n) is 5.76. The molecule has 88 valence electrons. The normalized spacial score (nSPS) is 17.8. The first-order valence-corrected chi connectivity index (χ1v) is 6.14. The highest BCUT2D eigenvalue weighted by atomic mass is 35.5. The molecule has 0 bridgehead atoms. The SMILES string of the molecule is O=C1CCC(c2nc3cc(Cl)ccn3n2)CC1. The highest BCUT2D eigenvalue weighted by Gasteiger charge is 2.23. The van der Waals surface area contributed by atoms with E-state index in [9.17, 15) is 4.79 Å². The second kappa shape index (κ2) is 4.11. The zero-order valence-corrected chi connectivity index (χ0v) is 10.0. The monoisotopic (exact) mass is 249 g/mol. The van der Waals surface area contributed by atoms with Gasteiger partial charge in [0.1, 0.15) is 5.78 Å². The van der Waals surface area contributed by atoms with E-state index in [0.717, 1.165) is 24.3 Å². The van der Waals surface area contributed by atoms with Gasteiger partial charge in [-0.2, -0.15) is 5.10 Å². The van der Waals surface area contributed by atoms with E-state index in [1.165, 1.54) is 0 Å². The van der Waals surface area contributed by atoms with Gasteiger partial charge in [-0.05, 0) is 18.9 Å². The smallest absolute Gasteiger partial charge is 0.157 e. The van der Waals surface area contributed by atoms with Crippen LogP contribution in [0.25, 0.3) is 5.65 Å². The molecule has 2 heterocycles. The third-order valence-electron chi connectivity index (χ3n) is 3.22. The maximum atomic E-state index is 11.2. The van der Waals surface area contributed by atoms with Crippen molar-refractivity contribution in [1.82, 2.24) is 14.6 Å². The topological polar surface area (TPSA) is 47.3 Å². The Bertz CT molecular complexity index is 568. The zero-order chi connectivity index (χ0) is 11.8. The van der Waals surface area contributed by atoms with Gasteiger partial charge in [-0.3, -0.25) is 4.79 Å². The van der Waals surface area contributed by atoms with E-state index in [4.69, 9.17) is 11.6 Å². The van der Waals surface area contributed by atoms with Crippen LogP contribution in [0.2, 0.25) is 5.02 Å². The number of rotatable bonds is 1. The van der Waals surface area contributed by atoms with Gasteiger partial charge in [-0.15, -0.1) is 0 Å². The minimum absolute atomic E-state index is 0.311. The van der Waals surface area contributed by atoms with Crippen LogP contribution < -0.4 is 0 Å². The van der Waals surface area contributed by atoms with E-state index < -0.39 is 0 Å². The van der Waals surface area contributed by atoms with Crippen molar-refractivity contribution < 1.29 is 4.79 Å². The summed E-state index contributed by atoms with van der Waals surface area (Å²) in [6, 6.07) is 3.59. The van der Waals surface area contributed by atoms with Crippen molar-refractivity contribution in [3.05, 3.63) is 29.2 Å². The minimum Gasteiger partial charge on any atom is -0.300 e. The highest BCUT2D eigenvalue weighted by Crippen LogP contribution is 2.29. The maximum Gasteiger partial charge on any atom is 0.157 e. The summed E-state index contributed by atoms with van der Waals surface area (Å²) in [6.45, 7) is 0. The number of nitrogens with zero attached hydrogens (tertiary/aromatic N) is 3. The molecule has 0 atom stereocenters. The van der Waals surface area contributed by atoms with Crippen molar-refractivity contribution in [2.24, 2.45) is 0 Å². The zero-order valence-electron chi connectivity index (χ0n) is 9.27. The molecule has 1 aliphatic rings. The summed E-state index contributed by atoms with van der Waals surface area (Å²) in [5.41, 5.74) is 0.768. The predicted molar refractivity (Wildman–Crippen MR) is 64.2 cm³/mol. The lowest BCUT2D eigenvalue weighted by Crippen LogP contribution is -2.13. The van der Waals surface area contributed by atoms with Crippen LogP contribution in [-0.4, -0.2) is 20.4 Å². The lowest BCUT2D eigenvalue weighted by molar-refractivity contribution is -0.120. The lowest BCUT2D eigenvalue weighted by atomic mass is 9.88. The lowest BCUT2D eigenvalue weighted by Gasteiger charge is -2.17. The van der Waals surface area contributed by atoms with Crippen LogP contribution in [0.5, 0.6) is 0 Å². The van der Waals surface area contributed by atoms with Crippen LogP contribution in [0, 0.1) is 0 Å². The van der Waals surface area contributed by atoms with Crippen LogP contribution >= 0.6 is 11.6 Å². The van der Waals surface area contributed by atoms with Crippen molar-refractivity contribution in [2.75, 3.05) is 0 Å². The summed E-state index contributed by atoms with van der Waals surface area (Å²) in [5.74, 6) is 1.50.